The molecule has 104 valence electrons. The number of allylic oxidation sites excluding steroid dienone is 1. The Morgan fingerprint density at radius 3 is 2.84 bits per heavy atom. The van der Waals surface area contributed by atoms with Crippen molar-refractivity contribution in [2.45, 2.75) is 46.1 Å². The first kappa shape index (κ1) is 14.1. The van der Waals surface area contributed by atoms with Gasteiger partial charge in [0.1, 0.15) is 5.76 Å². The van der Waals surface area contributed by atoms with E-state index < -0.39 is 0 Å². The second kappa shape index (κ2) is 6.76. The van der Waals surface area contributed by atoms with Gasteiger partial charge in [-0.3, -0.25) is 0 Å². The van der Waals surface area contributed by atoms with Gasteiger partial charge < -0.3 is 10.1 Å². The van der Waals surface area contributed by atoms with Crippen molar-refractivity contribution in [3.05, 3.63) is 46.7 Å². The van der Waals surface area contributed by atoms with Crippen LogP contribution in [0.5, 0.6) is 0 Å². The van der Waals surface area contributed by atoms with E-state index in [0.717, 1.165) is 38.2 Å². The van der Waals surface area contributed by atoms with Gasteiger partial charge in [0.25, 0.3) is 0 Å². The molecule has 2 rings (SSSR count). The van der Waals surface area contributed by atoms with Gasteiger partial charge in [0.2, 0.25) is 0 Å². The quantitative estimate of drug-likeness (QED) is 0.873. The van der Waals surface area contributed by atoms with Crippen molar-refractivity contribution in [1.82, 2.24) is 5.32 Å². The molecule has 0 aromatic heterocycles. The molecule has 0 fully saturated rings. The molecule has 0 bridgehead atoms. The van der Waals surface area contributed by atoms with Crippen molar-refractivity contribution in [1.29, 1.82) is 0 Å². The second-order valence-electron chi connectivity index (χ2n) is 5.34. The van der Waals surface area contributed by atoms with E-state index in [1.165, 1.54) is 16.7 Å². The highest BCUT2D eigenvalue weighted by atomic mass is 16.5. The molecule has 1 aliphatic heterocycles. The average Bonchev–Trinajstić information content (AvgIpc) is 2.43. The molecule has 2 heteroatoms. The van der Waals surface area contributed by atoms with Crippen molar-refractivity contribution in [2.75, 3.05) is 13.2 Å². The monoisotopic (exact) mass is 259 g/mol. The topological polar surface area (TPSA) is 21.3 Å². The van der Waals surface area contributed by atoms with Gasteiger partial charge in [-0.05, 0) is 56.9 Å². The van der Waals surface area contributed by atoms with Crippen molar-refractivity contribution in [2.24, 2.45) is 0 Å². The third kappa shape index (κ3) is 3.84. The molecular formula is C17H25NO. The Bertz CT molecular complexity index is 451. The maximum Gasteiger partial charge on any atom is 0.109 e. The van der Waals surface area contributed by atoms with E-state index in [1.807, 2.05) is 0 Å². The third-order valence-corrected chi connectivity index (χ3v) is 3.69. The van der Waals surface area contributed by atoms with Crippen molar-refractivity contribution in [3.8, 4) is 0 Å². The predicted octanol–water partition coefficient (Wildman–Crippen LogP) is 3.52. The predicted molar refractivity (Wildman–Crippen MR) is 80.4 cm³/mol. The molecule has 1 aliphatic rings. The first-order chi connectivity index (χ1) is 9.20. The van der Waals surface area contributed by atoms with Crippen molar-refractivity contribution < 1.29 is 4.74 Å². The Morgan fingerprint density at radius 1 is 1.32 bits per heavy atom. The Hall–Kier alpha value is -1.28. The first-order valence-electron chi connectivity index (χ1n) is 7.33. The van der Waals surface area contributed by atoms with Crippen LogP contribution in [0.1, 0.15) is 36.5 Å². The first-order valence-corrected chi connectivity index (χ1v) is 7.33. The number of ether oxygens (including phenoxy) is 1. The normalized spacial score (nSPS) is 16.7. The zero-order valence-corrected chi connectivity index (χ0v) is 12.3. The summed E-state index contributed by atoms with van der Waals surface area (Å²) < 4.78 is 5.83. The molecule has 2 nitrogen and oxygen atoms in total. The molecule has 1 aromatic carbocycles. The SMILES string of the molecule is CCNC(Cc1cc(C)ccc1C)C1=CCCCO1. The summed E-state index contributed by atoms with van der Waals surface area (Å²) in [4.78, 5) is 0. The van der Waals surface area contributed by atoms with Crippen molar-refractivity contribution >= 4 is 0 Å². The highest BCUT2D eigenvalue weighted by Gasteiger charge is 2.18. The van der Waals surface area contributed by atoms with Gasteiger partial charge in [-0.15, -0.1) is 0 Å². The number of rotatable bonds is 5. The van der Waals surface area contributed by atoms with Crippen LogP contribution in [-0.4, -0.2) is 19.2 Å². The lowest BCUT2D eigenvalue weighted by atomic mass is 9.97. The molecule has 1 aromatic rings. The molecule has 0 saturated heterocycles. The number of benzene rings is 1. The molecule has 0 aliphatic carbocycles. The Kier molecular flexibility index (Phi) is 5.03. The van der Waals surface area contributed by atoms with Crippen LogP contribution in [-0.2, 0) is 11.2 Å². The summed E-state index contributed by atoms with van der Waals surface area (Å²) in [5.74, 6) is 1.13. The largest absolute Gasteiger partial charge is 0.497 e. The molecule has 0 radical (unpaired) electrons. The highest BCUT2D eigenvalue weighted by Crippen LogP contribution is 2.19. The molecular weight excluding hydrogens is 234 g/mol. The fourth-order valence-corrected chi connectivity index (χ4v) is 2.58. The minimum atomic E-state index is 0.311. The van der Waals surface area contributed by atoms with Gasteiger partial charge in [0.15, 0.2) is 0 Å². The summed E-state index contributed by atoms with van der Waals surface area (Å²) in [6, 6.07) is 7.00. The van der Waals surface area contributed by atoms with E-state index in [0.29, 0.717) is 6.04 Å². The highest BCUT2D eigenvalue weighted by molar-refractivity contribution is 5.32. The number of nitrogens with one attached hydrogen (secondary N) is 1. The van der Waals surface area contributed by atoms with Crippen LogP contribution in [0.2, 0.25) is 0 Å². The van der Waals surface area contributed by atoms with Crippen LogP contribution in [0.25, 0.3) is 0 Å². The number of aryl methyl sites for hydroxylation is 2. The van der Waals surface area contributed by atoms with Gasteiger partial charge >= 0.3 is 0 Å². The van der Waals surface area contributed by atoms with Gasteiger partial charge in [0, 0.05) is 0 Å². The Morgan fingerprint density at radius 2 is 2.16 bits per heavy atom. The van der Waals surface area contributed by atoms with E-state index >= 15 is 0 Å². The van der Waals surface area contributed by atoms with Gasteiger partial charge in [-0.2, -0.15) is 0 Å². The van der Waals surface area contributed by atoms with Crippen LogP contribution >= 0.6 is 0 Å². The molecule has 0 amide bonds. The molecule has 0 spiro atoms. The number of likely N-dealkylation sites (N-methyl/N-ethyl adjacent to an activating group) is 1. The van der Waals surface area contributed by atoms with E-state index in [-0.39, 0.29) is 0 Å². The molecule has 1 atom stereocenters. The Balaban J connectivity index is 2.15. The van der Waals surface area contributed by atoms with E-state index in [4.69, 9.17) is 4.74 Å². The fourth-order valence-electron chi connectivity index (χ4n) is 2.58. The summed E-state index contributed by atoms with van der Waals surface area (Å²) in [6.07, 6.45) is 5.55. The molecule has 1 unspecified atom stereocenters. The van der Waals surface area contributed by atoms with E-state index in [9.17, 15) is 0 Å². The molecule has 1 heterocycles. The van der Waals surface area contributed by atoms with Crippen molar-refractivity contribution in [3.63, 3.8) is 0 Å². The fraction of sp³-hybridized carbons (Fsp3) is 0.529. The summed E-state index contributed by atoms with van der Waals surface area (Å²) in [6.45, 7) is 8.33. The van der Waals surface area contributed by atoms with E-state index in [2.05, 4.69) is 50.4 Å². The maximum absolute atomic E-state index is 5.83. The zero-order valence-electron chi connectivity index (χ0n) is 12.3. The summed E-state index contributed by atoms with van der Waals surface area (Å²) >= 11 is 0. The standard InChI is InChI=1S/C17H25NO/c1-4-18-16(17-7-5-6-10-19-17)12-15-11-13(2)8-9-14(15)3/h7-9,11,16,18H,4-6,10,12H2,1-3H3. The molecule has 1 N–H and O–H groups in total. The smallest absolute Gasteiger partial charge is 0.109 e. The summed E-state index contributed by atoms with van der Waals surface area (Å²) in [7, 11) is 0. The lowest BCUT2D eigenvalue weighted by Gasteiger charge is -2.25. The minimum Gasteiger partial charge on any atom is -0.497 e. The molecule has 19 heavy (non-hydrogen) atoms. The second-order valence-corrected chi connectivity index (χ2v) is 5.34. The average molecular weight is 259 g/mol. The Labute approximate surface area is 116 Å². The zero-order chi connectivity index (χ0) is 13.7. The summed E-state index contributed by atoms with van der Waals surface area (Å²) in [5, 5.41) is 3.55. The lowest BCUT2D eigenvalue weighted by Crippen LogP contribution is -2.35. The van der Waals surface area contributed by atoms with Gasteiger partial charge in [0.05, 0.1) is 12.6 Å². The van der Waals surface area contributed by atoms with Crippen LogP contribution in [0, 0.1) is 13.8 Å². The minimum absolute atomic E-state index is 0.311. The lowest BCUT2D eigenvalue weighted by molar-refractivity contribution is 0.167. The van der Waals surface area contributed by atoms with Gasteiger partial charge in [-0.1, -0.05) is 30.7 Å². The van der Waals surface area contributed by atoms with Crippen LogP contribution in [0.15, 0.2) is 30.0 Å². The van der Waals surface area contributed by atoms with Gasteiger partial charge in [-0.25, -0.2) is 0 Å². The number of hydrogen-bond acceptors (Lipinski definition) is 2. The number of hydrogen-bond donors (Lipinski definition) is 1. The van der Waals surface area contributed by atoms with E-state index in [1.54, 1.807) is 0 Å². The van der Waals surface area contributed by atoms with Crippen LogP contribution in [0.3, 0.4) is 0 Å². The van der Waals surface area contributed by atoms with Crippen LogP contribution < -0.4 is 5.32 Å². The van der Waals surface area contributed by atoms with Crippen LogP contribution in [0.4, 0.5) is 0 Å². The molecule has 0 saturated carbocycles. The third-order valence-electron chi connectivity index (χ3n) is 3.69. The summed E-state index contributed by atoms with van der Waals surface area (Å²) in [5.41, 5.74) is 4.11. The maximum atomic E-state index is 5.83.